The van der Waals surface area contributed by atoms with Crippen molar-refractivity contribution in [3.63, 3.8) is 0 Å². The van der Waals surface area contributed by atoms with Crippen LogP contribution in [-0.2, 0) is 39.2 Å². The molecule has 1 radical (unpaired) electrons. The predicted molar refractivity (Wildman–Crippen MR) is 177 cm³/mol. The first-order chi connectivity index (χ1) is 21.1. The summed E-state index contributed by atoms with van der Waals surface area (Å²) in [6.07, 6.45) is 12.3. The maximum absolute atomic E-state index is 11.0. The minimum Gasteiger partial charge on any atom is -0.550 e. The number of rotatable bonds is 10. The van der Waals surface area contributed by atoms with Crippen molar-refractivity contribution in [2.24, 2.45) is 15.9 Å². The number of carbonyl (C=O) groups is 2. The Kier molecular flexibility index (Phi) is 16.7. The summed E-state index contributed by atoms with van der Waals surface area (Å²) in [6.45, 7) is 14.8. The number of aromatic hydroxyl groups is 2. The molecule has 9 heteroatoms. The van der Waals surface area contributed by atoms with E-state index in [1.165, 1.54) is 17.5 Å². The second-order valence-corrected chi connectivity index (χ2v) is 13.0. The van der Waals surface area contributed by atoms with Gasteiger partial charge in [0, 0.05) is 35.5 Å². The molecule has 2 aliphatic rings. The van der Waals surface area contributed by atoms with Gasteiger partial charge in [-0.15, -0.1) is 0 Å². The number of hydrogen-bond acceptors (Lipinski definition) is 8. The van der Waals surface area contributed by atoms with E-state index in [1.807, 2.05) is 12.4 Å². The quantitative estimate of drug-likeness (QED) is 0.313. The molecule has 8 nitrogen and oxygen atoms in total. The summed E-state index contributed by atoms with van der Waals surface area (Å²) in [7, 11) is 0. The fourth-order valence-corrected chi connectivity index (χ4v) is 6.40. The second-order valence-electron chi connectivity index (χ2n) is 13.0. The second kappa shape index (κ2) is 18.8. The van der Waals surface area contributed by atoms with Gasteiger partial charge in [0.05, 0.1) is 11.6 Å². The van der Waals surface area contributed by atoms with E-state index in [4.69, 9.17) is 29.8 Å². The number of aliphatic imine (C=N–C) groups is 2. The van der Waals surface area contributed by atoms with Gasteiger partial charge in [-0.25, -0.2) is 0 Å². The molecule has 2 aromatic carbocycles. The van der Waals surface area contributed by atoms with Crippen LogP contribution in [0.2, 0.25) is 0 Å². The van der Waals surface area contributed by atoms with Crippen molar-refractivity contribution in [3.8, 4) is 11.5 Å². The van der Waals surface area contributed by atoms with E-state index in [9.17, 15) is 10.2 Å². The fraction of sp³-hybridized carbons (Fsp3) is 0.568. The molecular formula is C37H52CoN2O6. The normalized spacial score (nSPS) is 20.0. The number of benzene rings is 2. The van der Waals surface area contributed by atoms with Crippen LogP contribution in [0, 0.1) is 5.92 Å². The largest absolute Gasteiger partial charge is 2.00 e. The van der Waals surface area contributed by atoms with Gasteiger partial charge in [0.2, 0.25) is 0 Å². The van der Waals surface area contributed by atoms with Gasteiger partial charge in [0.1, 0.15) is 11.5 Å². The average molecular weight is 680 g/mol. The predicted octanol–water partition coefficient (Wildman–Crippen LogP) is 5.61. The molecular weight excluding hydrogens is 627 g/mol. The summed E-state index contributed by atoms with van der Waals surface area (Å²) in [5, 5.41) is 39.8. The molecule has 2 bridgehead atoms. The molecule has 3 unspecified atom stereocenters. The Bertz CT molecular complexity index is 1350. The van der Waals surface area contributed by atoms with Gasteiger partial charge in [0.15, 0.2) is 0 Å². The van der Waals surface area contributed by atoms with Crippen LogP contribution < -0.4 is 10.2 Å². The van der Waals surface area contributed by atoms with Crippen LogP contribution in [0.5, 0.6) is 11.5 Å². The van der Waals surface area contributed by atoms with Crippen molar-refractivity contribution in [3.05, 3.63) is 57.6 Å². The van der Waals surface area contributed by atoms with Gasteiger partial charge < -0.3 is 30.0 Å². The number of phenols is 2. The average Bonchev–Trinajstić information content (AvgIpc) is 3.51. The fourth-order valence-electron chi connectivity index (χ4n) is 6.40. The molecule has 2 fully saturated rings. The zero-order chi connectivity index (χ0) is 33.9. The van der Waals surface area contributed by atoms with Gasteiger partial charge >= 0.3 is 16.8 Å². The molecule has 0 spiro atoms. The van der Waals surface area contributed by atoms with Gasteiger partial charge in [-0.2, -0.15) is 0 Å². The zero-order valence-electron chi connectivity index (χ0n) is 28.7. The van der Waals surface area contributed by atoms with Crippen LogP contribution in [0.25, 0.3) is 0 Å². The van der Waals surface area contributed by atoms with Crippen molar-refractivity contribution in [1.82, 2.24) is 0 Å². The minimum absolute atomic E-state index is 0. The molecule has 3 atom stereocenters. The number of carbonyl (C=O) groups excluding carboxylic acids is 2. The number of hydrogen-bond donors (Lipinski definition) is 2. The molecule has 0 amide bonds. The maximum Gasteiger partial charge on any atom is 2.00 e. The van der Waals surface area contributed by atoms with Crippen LogP contribution in [0.15, 0.2) is 34.3 Å². The molecule has 2 aliphatic carbocycles. The minimum atomic E-state index is -1.08. The van der Waals surface area contributed by atoms with Gasteiger partial charge in [0.25, 0.3) is 0 Å². The van der Waals surface area contributed by atoms with Crippen molar-refractivity contribution in [1.29, 1.82) is 0 Å². The van der Waals surface area contributed by atoms with Gasteiger partial charge in [-0.1, -0.05) is 66.5 Å². The summed E-state index contributed by atoms with van der Waals surface area (Å²) in [4.78, 5) is 28.1. The summed E-state index contributed by atoms with van der Waals surface area (Å²) in [6, 6.07) is 8.61. The number of carboxylic acid groups (broad SMARTS) is 2. The smallest absolute Gasteiger partial charge is 0.550 e. The third kappa shape index (κ3) is 11.6. The first-order valence-corrected chi connectivity index (χ1v) is 16.3. The third-order valence-corrected chi connectivity index (χ3v) is 8.44. The summed E-state index contributed by atoms with van der Waals surface area (Å²) >= 11 is 0. The standard InChI is InChI=1S/C33H46N2O2.2C2H4O2.Co/c1-7-9-23-13-26(31(36)28(15-23)21(3)4)19-34-30-17-25-11-12-33(30,18-25)35-20-27-14-24(10-8-2)16-29(22(5)6)32(27)37;2*1-2(3)4;/h13-16,19-22,25,30,36-37H,7-12,17-18H2,1-6H3;2*1H3,(H,3,4);/q;;;+2/p-2. The van der Waals surface area contributed by atoms with Crippen molar-refractivity contribution < 1.29 is 46.8 Å². The van der Waals surface area contributed by atoms with Crippen LogP contribution in [0.1, 0.15) is 139 Å². The van der Waals surface area contributed by atoms with Crippen molar-refractivity contribution in [2.45, 2.75) is 130 Å². The van der Waals surface area contributed by atoms with Crippen LogP contribution >= 0.6 is 0 Å². The Balaban J connectivity index is 0.00000106. The monoisotopic (exact) mass is 679 g/mol. The molecule has 0 aliphatic heterocycles. The van der Waals surface area contributed by atoms with E-state index < -0.39 is 11.9 Å². The van der Waals surface area contributed by atoms with Gasteiger partial charge in [-0.05, 0) is 105 Å². The van der Waals surface area contributed by atoms with Crippen LogP contribution in [-0.4, -0.2) is 46.2 Å². The Hall–Kier alpha value is -3.17. The number of fused-ring (bicyclic) bond motifs is 2. The Morgan fingerprint density at radius 3 is 1.70 bits per heavy atom. The van der Waals surface area contributed by atoms with E-state index in [0.29, 0.717) is 17.4 Å². The summed E-state index contributed by atoms with van der Waals surface area (Å²) in [5.74, 6) is -0.278. The Morgan fingerprint density at radius 1 is 0.870 bits per heavy atom. The van der Waals surface area contributed by atoms with E-state index >= 15 is 0 Å². The topological polar surface area (TPSA) is 145 Å². The first kappa shape index (κ1) is 40.8. The van der Waals surface area contributed by atoms with E-state index in [2.05, 4.69) is 65.8 Å². The number of nitrogens with zero attached hydrogens (tertiary/aromatic N) is 2. The maximum atomic E-state index is 11.0. The van der Waals surface area contributed by atoms with Gasteiger partial charge in [-0.3, -0.25) is 9.98 Å². The summed E-state index contributed by atoms with van der Waals surface area (Å²) < 4.78 is 0. The number of carboxylic acids is 2. The number of phenolic OH excluding ortho intramolecular Hbond substituents is 2. The third-order valence-electron chi connectivity index (χ3n) is 8.44. The molecule has 46 heavy (non-hydrogen) atoms. The van der Waals surface area contributed by atoms with Crippen LogP contribution in [0.4, 0.5) is 0 Å². The number of aryl methyl sites for hydroxylation is 2. The molecule has 0 heterocycles. The molecule has 4 rings (SSSR count). The van der Waals surface area contributed by atoms with E-state index in [1.54, 1.807) is 0 Å². The number of aliphatic carboxylic acids is 2. The van der Waals surface area contributed by atoms with E-state index in [0.717, 1.165) is 81.0 Å². The van der Waals surface area contributed by atoms with E-state index in [-0.39, 0.29) is 40.2 Å². The van der Waals surface area contributed by atoms with Crippen molar-refractivity contribution in [2.75, 3.05) is 0 Å². The molecule has 2 saturated carbocycles. The molecule has 2 N–H and O–H groups in total. The molecule has 0 saturated heterocycles. The zero-order valence-corrected chi connectivity index (χ0v) is 29.7. The molecule has 0 aromatic heterocycles. The molecule has 2 aromatic rings. The van der Waals surface area contributed by atoms with Crippen LogP contribution in [0.3, 0.4) is 0 Å². The SMILES string of the molecule is CC(=O)[O-].CC(=O)[O-].CCCc1cc(C=NC2CC3CCC2(N=Cc2cc(CCC)cc(C(C)C)c2O)C3)c(O)c(C(C)C)c1.[Co+2]. The van der Waals surface area contributed by atoms with Crippen molar-refractivity contribution >= 4 is 24.4 Å². The summed E-state index contributed by atoms with van der Waals surface area (Å²) in [5.41, 5.74) is 5.95. The Morgan fingerprint density at radius 2 is 1.30 bits per heavy atom. The Labute approximate surface area is 285 Å². The first-order valence-electron chi connectivity index (χ1n) is 16.3. The molecule has 255 valence electrons.